The maximum atomic E-state index is 13.6. The number of rotatable bonds is 3. The molecule has 0 spiro atoms. The number of hydrogen-bond acceptors (Lipinski definition) is 2. The summed E-state index contributed by atoms with van der Waals surface area (Å²) in [5.74, 6) is 0. The molecule has 0 N–H and O–H groups in total. The molecule has 0 bridgehead atoms. The molecule has 0 saturated carbocycles. The van der Waals surface area contributed by atoms with E-state index in [2.05, 4.69) is 4.36 Å². The van der Waals surface area contributed by atoms with Gasteiger partial charge in [-0.3, -0.25) is 0 Å². The van der Waals surface area contributed by atoms with E-state index in [0.29, 0.717) is 9.92 Å². The molecule has 23 heavy (non-hydrogen) atoms. The van der Waals surface area contributed by atoms with Crippen LogP contribution >= 0.6 is 11.6 Å². The van der Waals surface area contributed by atoms with Gasteiger partial charge < -0.3 is 4.90 Å². The topological polar surface area (TPSA) is 49.7 Å². The van der Waals surface area contributed by atoms with Gasteiger partial charge in [0.2, 0.25) is 0 Å². The summed E-state index contributed by atoms with van der Waals surface area (Å²) in [6.07, 6.45) is 0. The molecular weight excluding hydrogens is 332 g/mol. The molecule has 0 aliphatic carbocycles. The third kappa shape index (κ3) is 4.48. The van der Waals surface area contributed by atoms with Crippen LogP contribution in [0, 0.1) is 0 Å². The Morgan fingerprint density at radius 2 is 1.70 bits per heavy atom. The van der Waals surface area contributed by atoms with Crippen LogP contribution in [-0.2, 0) is 9.73 Å². The van der Waals surface area contributed by atoms with Gasteiger partial charge in [-0.15, -0.1) is 4.36 Å². The lowest BCUT2D eigenvalue weighted by Gasteiger charge is -2.31. The van der Waals surface area contributed by atoms with Gasteiger partial charge in [-0.1, -0.05) is 17.7 Å². The second-order valence-electron chi connectivity index (χ2n) is 7.06. The first-order valence-electron chi connectivity index (χ1n) is 7.74. The van der Waals surface area contributed by atoms with E-state index in [1.54, 1.807) is 29.2 Å². The fraction of sp³-hybridized carbons (Fsp3) is 0.588. The summed E-state index contributed by atoms with van der Waals surface area (Å²) in [7, 11) is -2.97. The zero-order valence-corrected chi connectivity index (χ0v) is 16.5. The number of hydrogen-bond donors (Lipinski definition) is 0. The first kappa shape index (κ1) is 20.0. The Hall–Kier alpha value is -1.07. The lowest BCUT2D eigenvalue weighted by atomic mass is 10.2. The van der Waals surface area contributed by atoms with Crippen LogP contribution in [-0.4, -0.2) is 32.0 Å². The van der Waals surface area contributed by atoms with E-state index in [0.717, 1.165) is 0 Å². The monoisotopic (exact) mass is 358 g/mol. The van der Waals surface area contributed by atoms with Crippen molar-refractivity contribution in [3.63, 3.8) is 0 Å². The maximum Gasteiger partial charge on any atom is 0.352 e. The van der Waals surface area contributed by atoms with E-state index in [9.17, 15) is 9.00 Å². The molecule has 1 atom stereocenters. The molecule has 0 aliphatic heterocycles. The number of amides is 2. The van der Waals surface area contributed by atoms with E-state index >= 15 is 0 Å². The smallest absolute Gasteiger partial charge is 0.318 e. The molecule has 4 nitrogen and oxygen atoms in total. The molecule has 0 heterocycles. The summed E-state index contributed by atoms with van der Waals surface area (Å²) in [6, 6.07) is 6.29. The summed E-state index contributed by atoms with van der Waals surface area (Å²) in [4.78, 5) is 14.8. The van der Waals surface area contributed by atoms with Crippen LogP contribution in [0.4, 0.5) is 4.79 Å². The number of urea groups is 1. The SMILES string of the molecule is CC(C)N(C(=O)N=[S@](=O)(c1cccc(Cl)c1)C(C)(C)C)C(C)C. The highest BCUT2D eigenvalue weighted by atomic mass is 35.5. The number of benzene rings is 1. The average Bonchev–Trinajstić information content (AvgIpc) is 2.35. The Morgan fingerprint density at radius 3 is 2.09 bits per heavy atom. The summed E-state index contributed by atoms with van der Waals surface area (Å²) < 4.78 is 17.1. The Labute approximate surface area is 145 Å². The fourth-order valence-electron chi connectivity index (χ4n) is 2.38. The number of carbonyl (C=O) groups excluding carboxylic acids is 1. The van der Waals surface area contributed by atoms with E-state index in [-0.39, 0.29) is 12.1 Å². The third-order valence-electron chi connectivity index (χ3n) is 3.49. The molecule has 2 amide bonds. The van der Waals surface area contributed by atoms with Gasteiger partial charge in [0.25, 0.3) is 0 Å². The van der Waals surface area contributed by atoms with Gasteiger partial charge in [-0.2, -0.15) is 0 Å². The van der Waals surface area contributed by atoms with Gasteiger partial charge >= 0.3 is 6.03 Å². The zero-order valence-electron chi connectivity index (χ0n) is 15.0. The van der Waals surface area contributed by atoms with Crippen LogP contribution in [0.2, 0.25) is 5.02 Å². The standard InChI is InChI=1S/C17H27ClN2O2S/c1-12(2)20(13(3)4)16(21)19-23(22,17(5,6)7)15-10-8-9-14(18)11-15/h8-13H,1-7H3/t23-/m0/s1. The predicted molar refractivity (Wildman–Crippen MR) is 97.5 cm³/mol. The molecule has 0 aromatic heterocycles. The average molecular weight is 359 g/mol. The van der Waals surface area contributed by atoms with Gasteiger partial charge in [-0.05, 0) is 66.7 Å². The van der Waals surface area contributed by atoms with Crippen molar-refractivity contribution in [3.8, 4) is 0 Å². The quantitative estimate of drug-likeness (QED) is 0.745. The summed E-state index contributed by atoms with van der Waals surface area (Å²) in [5, 5.41) is 0.478. The van der Waals surface area contributed by atoms with Gasteiger partial charge in [-0.25, -0.2) is 9.00 Å². The molecule has 0 radical (unpaired) electrons. The molecule has 0 unspecified atom stereocenters. The Kier molecular flexibility index (Phi) is 6.27. The van der Waals surface area contributed by atoms with Gasteiger partial charge in [0.1, 0.15) is 0 Å². The van der Waals surface area contributed by atoms with Crippen LogP contribution in [0.5, 0.6) is 0 Å². The van der Waals surface area contributed by atoms with E-state index in [4.69, 9.17) is 11.6 Å². The van der Waals surface area contributed by atoms with Crippen molar-refractivity contribution in [2.75, 3.05) is 0 Å². The van der Waals surface area contributed by atoms with E-state index in [1.807, 2.05) is 48.5 Å². The van der Waals surface area contributed by atoms with Crippen LogP contribution in [0.25, 0.3) is 0 Å². The molecule has 1 aromatic rings. The highest BCUT2D eigenvalue weighted by molar-refractivity contribution is 7.95. The largest absolute Gasteiger partial charge is 0.352 e. The maximum absolute atomic E-state index is 13.6. The molecule has 1 aromatic carbocycles. The minimum atomic E-state index is -2.97. The van der Waals surface area contributed by atoms with Crippen LogP contribution in [0.1, 0.15) is 48.5 Å². The molecule has 1 rings (SSSR count). The van der Waals surface area contributed by atoms with Crippen molar-refractivity contribution >= 4 is 27.4 Å². The van der Waals surface area contributed by atoms with Gasteiger partial charge in [0.15, 0.2) is 0 Å². The highest BCUT2D eigenvalue weighted by Crippen LogP contribution is 2.30. The normalized spacial score (nSPS) is 14.7. The summed E-state index contributed by atoms with van der Waals surface area (Å²) in [5.41, 5.74) is 0. The Morgan fingerprint density at radius 1 is 1.17 bits per heavy atom. The minimum Gasteiger partial charge on any atom is -0.318 e. The van der Waals surface area contributed by atoms with Gasteiger partial charge in [0, 0.05) is 22.0 Å². The highest BCUT2D eigenvalue weighted by Gasteiger charge is 2.32. The fourth-order valence-corrected chi connectivity index (χ4v) is 4.58. The number of carbonyl (C=O) groups is 1. The van der Waals surface area contributed by atoms with Crippen molar-refractivity contribution in [2.24, 2.45) is 4.36 Å². The molecule has 0 fully saturated rings. The second kappa shape index (κ2) is 7.22. The van der Waals surface area contributed by atoms with Crippen LogP contribution < -0.4 is 0 Å². The summed E-state index contributed by atoms with van der Waals surface area (Å²) >= 11 is 6.04. The van der Waals surface area contributed by atoms with Crippen molar-refractivity contribution in [2.45, 2.75) is 70.2 Å². The first-order valence-corrected chi connectivity index (χ1v) is 9.64. The lowest BCUT2D eigenvalue weighted by molar-refractivity contribution is 0.175. The number of nitrogens with zero attached hydrogens (tertiary/aromatic N) is 2. The first-order chi connectivity index (χ1) is 10.4. The van der Waals surface area contributed by atoms with E-state index in [1.165, 1.54) is 0 Å². The summed E-state index contributed by atoms with van der Waals surface area (Å²) in [6.45, 7) is 13.2. The van der Waals surface area contributed by atoms with Gasteiger partial charge in [0.05, 0.1) is 14.5 Å². The third-order valence-corrected chi connectivity index (χ3v) is 6.69. The zero-order chi connectivity index (χ0) is 18.0. The van der Waals surface area contributed by atoms with Crippen LogP contribution in [0.15, 0.2) is 33.5 Å². The molecule has 130 valence electrons. The van der Waals surface area contributed by atoms with Crippen molar-refractivity contribution in [3.05, 3.63) is 29.3 Å². The lowest BCUT2D eigenvalue weighted by Crippen LogP contribution is -2.41. The molecule has 0 saturated heterocycles. The van der Waals surface area contributed by atoms with E-state index < -0.39 is 20.5 Å². The van der Waals surface area contributed by atoms with Crippen LogP contribution in [0.3, 0.4) is 0 Å². The Bertz CT molecular complexity index is 676. The Balaban J connectivity index is 3.55. The predicted octanol–water partition coefficient (Wildman–Crippen LogP) is 5.20. The van der Waals surface area contributed by atoms with Crippen molar-refractivity contribution in [1.29, 1.82) is 0 Å². The number of halogens is 1. The van der Waals surface area contributed by atoms with Crippen molar-refractivity contribution < 1.29 is 9.00 Å². The molecule has 0 aliphatic rings. The van der Waals surface area contributed by atoms with Crippen molar-refractivity contribution in [1.82, 2.24) is 4.90 Å². The molecular formula is C17H27ClN2O2S. The minimum absolute atomic E-state index is 0.0192. The molecule has 6 heteroatoms. The second-order valence-corrected chi connectivity index (χ2v) is 10.4.